The summed E-state index contributed by atoms with van der Waals surface area (Å²) < 4.78 is 0.881. The van der Waals surface area contributed by atoms with Crippen LogP contribution in [0.2, 0.25) is 0 Å². The number of likely N-dealkylation sites (tertiary alicyclic amines) is 1. The van der Waals surface area contributed by atoms with Crippen molar-refractivity contribution in [3.8, 4) is 0 Å². The molecule has 3 aromatic rings. The molecule has 1 fully saturated rings. The maximum absolute atomic E-state index is 12.5. The number of carbonyl (C=O) groups excluding carboxylic acids is 1. The molecule has 1 aromatic carbocycles. The normalized spacial score (nSPS) is 17.0. The van der Waals surface area contributed by atoms with Gasteiger partial charge in [0.15, 0.2) is 5.13 Å². The topological polar surface area (TPSA) is 58.1 Å². The molecule has 1 aliphatic rings. The van der Waals surface area contributed by atoms with Gasteiger partial charge < -0.3 is 0 Å². The number of nitrogens with one attached hydrogen (secondary N) is 1. The third kappa shape index (κ3) is 4.32. The van der Waals surface area contributed by atoms with E-state index in [0.29, 0.717) is 10.7 Å². The molecule has 3 heterocycles. The predicted molar refractivity (Wildman–Crippen MR) is 116 cm³/mol. The molecule has 0 unspecified atom stereocenters. The summed E-state index contributed by atoms with van der Waals surface area (Å²) in [5.74, 6) is -0.144. The third-order valence-corrected chi connectivity index (χ3v) is 6.27. The Morgan fingerprint density at radius 3 is 3.07 bits per heavy atom. The van der Waals surface area contributed by atoms with Crippen molar-refractivity contribution in [1.82, 2.24) is 14.9 Å². The van der Waals surface area contributed by atoms with Gasteiger partial charge in [0.25, 0.3) is 5.91 Å². The van der Waals surface area contributed by atoms with Gasteiger partial charge in [0.2, 0.25) is 0 Å². The lowest BCUT2D eigenvalue weighted by atomic mass is 10.1. The fourth-order valence-corrected chi connectivity index (χ4v) is 4.67. The molecular weight excluding hydrogens is 436 g/mol. The molecular formula is C21H21BrN4OS. The van der Waals surface area contributed by atoms with Crippen LogP contribution in [0.4, 0.5) is 5.13 Å². The highest BCUT2D eigenvalue weighted by molar-refractivity contribution is 9.10. The van der Waals surface area contributed by atoms with Crippen LogP contribution in [-0.4, -0.2) is 27.3 Å². The third-order valence-electron chi connectivity index (χ3n) is 5.01. The molecule has 0 radical (unpaired) electrons. The summed E-state index contributed by atoms with van der Waals surface area (Å²) in [6, 6.07) is 11.7. The van der Waals surface area contributed by atoms with Crippen LogP contribution >= 0.6 is 27.3 Å². The molecule has 1 aliphatic heterocycles. The summed E-state index contributed by atoms with van der Waals surface area (Å²) >= 11 is 4.88. The second-order valence-electron chi connectivity index (χ2n) is 6.94. The predicted octanol–water partition coefficient (Wildman–Crippen LogP) is 5.20. The highest BCUT2D eigenvalue weighted by atomic mass is 79.9. The van der Waals surface area contributed by atoms with Crippen LogP contribution in [0.5, 0.6) is 0 Å². The molecule has 0 spiro atoms. The minimum atomic E-state index is -0.144. The van der Waals surface area contributed by atoms with Gasteiger partial charge in [-0.15, -0.1) is 11.3 Å². The van der Waals surface area contributed by atoms with Crippen LogP contribution in [-0.2, 0) is 6.54 Å². The van der Waals surface area contributed by atoms with Crippen molar-refractivity contribution in [3.63, 3.8) is 0 Å². The van der Waals surface area contributed by atoms with Gasteiger partial charge in [-0.3, -0.25) is 20.0 Å². The Bertz CT molecular complexity index is 990. The molecule has 0 bridgehead atoms. The van der Waals surface area contributed by atoms with Gasteiger partial charge in [0.05, 0.1) is 17.4 Å². The second-order valence-corrected chi connectivity index (χ2v) is 8.71. The van der Waals surface area contributed by atoms with Crippen LogP contribution in [0.25, 0.3) is 0 Å². The highest BCUT2D eigenvalue weighted by Crippen LogP contribution is 2.34. The number of nitrogens with zero attached hydrogens (tertiary/aromatic N) is 3. The van der Waals surface area contributed by atoms with E-state index in [0.717, 1.165) is 41.8 Å². The number of aromatic nitrogens is 2. The number of halogens is 1. The average molecular weight is 457 g/mol. The largest absolute Gasteiger partial charge is 0.298 e. The number of anilines is 1. The van der Waals surface area contributed by atoms with Gasteiger partial charge in [0, 0.05) is 28.2 Å². The molecule has 4 rings (SSSR count). The summed E-state index contributed by atoms with van der Waals surface area (Å²) in [6.45, 7) is 3.97. The highest BCUT2D eigenvalue weighted by Gasteiger charge is 2.28. The number of hydrogen-bond acceptors (Lipinski definition) is 5. The zero-order valence-electron chi connectivity index (χ0n) is 15.6. The summed E-state index contributed by atoms with van der Waals surface area (Å²) in [6.07, 6.45) is 4.08. The first kappa shape index (κ1) is 19.2. The Kier molecular flexibility index (Phi) is 5.85. The average Bonchev–Trinajstić information content (AvgIpc) is 3.33. The molecule has 5 nitrogen and oxygen atoms in total. The van der Waals surface area contributed by atoms with Crippen molar-refractivity contribution >= 4 is 38.3 Å². The lowest BCUT2D eigenvalue weighted by Gasteiger charge is -2.23. The molecule has 0 aliphatic carbocycles. The Labute approximate surface area is 177 Å². The quantitative estimate of drug-likeness (QED) is 0.573. The van der Waals surface area contributed by atoms with E-state index in [-0.39, 0.29) is 11.9 Å². The lowest BCUT2D eigenvalue weighted by molar-refractivity contribution is 0.102. The standard InChI is InChI=1S/C21H21BrN4OS/c1-14-5-3-9-23-17(14)12-26-10-4-8-19(26)18-13-28-21(24-18)25-20(27)15-6-2-7-16(22)11-15/h2-3,5-7,9,11,13,19H,4,8,10,12H2,1H3,(H,24,25,27)/t19-/m0/s1. The number of pyridine rings is 1. The van der Waals surface area contributed by atoms with E-state index in [9.17, 15) is 4.79 Å². The van der Waals surface area contributed by atoms with Crippen LogP contribution in [0, 0.1) is 6.92 Å². The molecule has 2 aromatic heterocycles. The fourth-order valence-electron chi connectivity index (χ4n) is 3.52. The Hall–Kier alpha value is -2.09. The van der Waals surface area contributed by atoms with E-state index in [1.165, 1.54) is 16.9 Å². The first-order valence-corrected chi connectivity index (χ1v) is 10.9. The Balaban J connectivity index is 1.46. The van der Waals surface area contributed by atoms with E-state index >= 15 is 0 Å². The molecule has 1 saturated heterocycles. The lowest BCUT2D eigenvalue weighted by Crippen LogP contribution is -2.24. The number of rotatable bonds is 5. The summed E-state index contributed by atoms with van der Waals surface area (Å²) in [5.41, 5.74) is 3.97. The van der Waals surface area contributed by atoms with Crippen molar-refractivity contribution in [3.05, 3.63) is 75.0 Å². The SMILES string of the molecule is Cc1cccnc1CN1CCC[C@H]1c1csc(NC(=O)c2cccc(Br)c2)n1. The number of thiazole rings is 1. The zero-order chi connectivity index (χ0) is 19.5. The van der Waals surface area contributed by atoms with Crippen LogP contribution in [0.15, 0.2) is 52.4 Å². The molecule has 0 saturated carbocycles. The monoisotopic (exact) mass is 456 g/mol. The zero-order valence-corrected chi connectivity index (χ0v) is 18.0. The van der Waals surface area contributed by atoms with Gasteiger partial charge in [-0.05, 0) is 56.1 Å². The number of amides is 1. The summed E-state index contributed by atoms with van der Waals surface area (Å²) in [5, 5.41) is 5.62. The maximum atomic E-state index is 12.5. The molecule has 28 heavy (non-hydrogen) atoms. The first-order valence-electron chi connectivity index (χ1n) is 9.27. The van der Waals surface area contributed by atoms with E-state index in [1.54, 1.807) is 12.1 Å². The Morgan fingerprint density at radius 1 is 1.36 bits per heavy atom. The van der Waals surface area contributed by atoms with E-state index < -0.39 is 0 Å². The minimum Gasteiger partial charge on any atom is -0.298 e. The molecule has 1 N–H and O–H groups in total. The van der Waals surface area contributed by atoms with Gasteiger partial charge in [-0.25, -0.2) is 4.98 Å². The summed E-state index contributed by atoms with van der Waals surface area (Å²) in [7, 11) is 0. The maximum Gasteiger partial charge on any atom is 0.257 e. The van der Waals surface area contributed by atoms with Gasteiger partial charge >= 0.3 is 0 Å². The fraction of sp³-hybridized carbons (Fsp3) is 0.286. The second kappa shape index (κ2) is 8.51. The number of hydrogen-bond donors (Lipinski definition) is 1. The van der Waals surface area contributed by atoms with E-state index in [2.05, 4.69) is 49.5 Å². The van der Waals surface area contributed by atoms with E-state index in [4.69, 9.17) is 4.98 Å². The molecule has 1 amide bonds. The van der Waals surface area contributed by atoms with Crippen molar-refractivity contribution in [2.45, 2.75) is 32.4 Å². The van der Waals surface area contributed by atoms with Crippen LogP contribution in [0.3, 0.4) is 0 Å². The van der Waals surface area contributed by atoms with E-state index in [1.807, 2.05) is 24.4 Å². The molecule has 7 heteroatoms. The first-order chi connectivity index (χ1) is 13.6. The smallest absolute Gasteiger partial charge is 0.257 e. The number of benzene rings is 1. The van der Waals surface area contributed by atoms with Crippen molar-refractivity contribution in [2.75, 3.05) is 11.9 Å². The molecule has 144 valence electrons. The van der Waals surface area contributed by atoms with Gasteiger partial charge in [-0.1, -0.05) is 28.1 Å². The number of carbonyl (C=O) groups is 1. The summed E-state index contributed by atoms with van der Waals surface area (Å²) in [4.78, 5) is 24.1. The number of aryl methyl sites for hydroxylation is 1. The Morgan fingerprint density at radius 2 is 2.25 bits per heavy atom. The van der Waals surface area contributed by atoms with Crippen molar-refractivity contribution < 1.29 is 4.79 Å². The van der Waals surface area contributed by atoms with Gasteiger partial charge in [0.1, 0.15) is 0 Å². The van der Waals surface area contributed by atoms with Crippen molar-refractivity contribution in [1.29, 1.82) is 0 Å². The molecule has 1 atom stereocenters. The van der Waals surface area contributed by atoms with Gasteiger partial charge in [-0.2, -0.15) is 0 Å². The minimum absolute atomic E-state index is 0.144. The van der Waals surface area contributed by atoms with Crippen LogP contribution in [0.1, 0.15) is 46.2 Å². The van der Waals surface area contributed by atoms with Crippen molar-refractivity contribution in [2.24, 2.45) is 0 Å². The van der Waals surface area contributed by atoms with Crippen LogP contribution < -0.4 is 5.32 Å².